The first-order valence-electron chi connectivity index (χ1n) is 7.32. The van der Waals surface area contributed by atoms with Gasteiger partial charge in [0.05, 0.1) is 21.2 Å². The van der Waals surface area contributed by atoms with Gasteiger partial charge in [0.25, 0.3) is 11.6 Å². The highest BCUT2D eigenvalue weighted by Crippen LogP contribution is 2.27. The normalized spacial score (nSPS) is 10.7. The second kappa shape index (κ2) is 6.57. The molecule has 1 aromatic heterocycles. The molecule has 0 aliphatic rings. The number of hydrogen-bond acceptors (Lipinski definition) is 4. The Bertz CT molecular complexity index is 1130. The minimum Gasteiger partial charge on any atom is -0.350 e. The maximum atomic E-state index is 13.5. The molecule has 1 N–H and O–H groups in total. The Labute approximate surface area is 150 Å². The Morgan fingerprint density at radius 1 is 1.27 bits per heavy atom. The fourth-order valence-electron chi connectivity index (χ4n) is 2.53. The molecule has 3 rings (SSSR count). The van der Waals surface area contributed by atoms with Gasteiger partial charge in [0.2, 0.25) is 5.43 Å². The third-order valence-corrected chi connectivity index (χ3v) is 4.12. The molecule has 0 spiro atoms. The lowest BCUT2D eigenvalue weighted by molar-refractivity contribution is -0.384. The number of halogens is 2. The monoisotopic (exact) mass is 375 g/mol. The Kier molecular flexibility index (Phi) is 4.43. The number of rotatable bonds is 3. The number of non-ortho nitro benzene ring substituents is 1. The third kappa shape index (κ3) is 3.14. The van der Waals surface area contributed by atoms with E-state index in [4.69, 9.17) is 11.6 Å². The van der Waals surface area contributed by atoms with Crippen LogP contribution in [0.2, 0.25) is 5.02 Å². The minimum absolute atomic E-state index is 0.0452. The van der Waals surface area contributed by atoms with E-state index in [1.807, 2.05) is 0 Å². The number of aryl methyl sites for hydroxylation is 1. The van der Waals surface area contributed by atoms with Crippen LogP contribution in [0.3, 0.4) is 0 Å². The zero-order valence-corrected chi connectivity index (χ0v) is 14.1. The highest BCUT2D eigenvalue weighted by Gasteiger charge is 2.17. The number of benzene rings is 2. The first-order chi connectivity index (χ1) is 12.3. The van der Waals surface area contributed by atoms with Crippen molar-refractivity contribution < 1.29 is 14.1 Å². The molecule has 0 unspecified atom stereocenters. The molecule has 0 aliphatic heterocycles. The van der Waals surface area contributed by atoms with Crippen molar-refractivity contribution in [3.05, 3.63) is 79.3 Å². The molecule has 0 aliphatic carbocycles. The SMILES string of the molecule is Cn1cc(C(=O)Nc2ccc([N+](=O)[O-])cc2Cl)c(=O)c2cc(F)ccc21. The zero-order chi connectivity index (χ0) is 19.0. The maximum Gasteiger partial charge on any atom is 0.271 e. The Morgan fingerprint density at radius 3 is 2.65 bits per heavy atom. The van der Waals surface area contributed by atoms with Crippen LogP contribution in [-0.2, 0) is 7.05 Å². The van der Waals surface area contributed by atoms with Gasteiger partial charge in [-0.2, -0.15) is 0 Å². The Morgan fingerprint density at radius 2 is 2.00 bits per heavy atom. The van der Waals surface area contributed by atoms with E-state index in [-0.39, 0.29) is 27.3 Å². The highest BCUT2D eigenvalue weighted by molar-refractivity contribution is 6.34. The van der Waals surface area contributed by atoms with Crippen LogP contribution in [0.5, 0.6) is 0 Å². The second-order valence-electron chi connectivity index (χ2n) is 5.52. The van der Waals surface area contributed by atoms with E-state index in [9.17, 15) is 24.1 Å². The lowest BCUT2D eigenvalue weighted by Crippen LogP contribution is -2.23. The molecular weight excluding hydrogens is 365 g/mol. The van der Waals surface area contributed by atoms with Crippen molar-refractivity contribution in [3.8, 4) is 0 Å². The van der Waals surface area contributed by atoms with Crippen molar-refractivity contribution in [3.63, 3.8) is 0 Å². The summed E-state index contributed by atoms with van der Waals surface area (Å²) in [7, 11) is 1.62. The molecule has 26 heavy (non-hydrogen) atoms. The first kappa shape index (κ1) is 17.6. The van der Waals surface area contributed by atoms with Crippen molar-refractivity contribution in [2.45, 2.75) is 0 Å². The summed E-state index contributed by atoms with van der Waals surface area (Å²) in [5.41, 5.74) is -0.483. The predicted octanol–water partition coefficient (Wildman–Crippen LogP) is 3.49. The van der Waals surface area contributed by atoms with Gasteiger partial charge in [-0.25, -0.2) is 4.39 Å². The van der Waals surface area contributed by atoms with Gasteiger partial charge in [0.15, 0.2) is 0 Å². The molecule has 2 aromatic carbocycles. The van der Waals surface area contributed by atoms with Crippen LogP contribution in [0.15, 0.2) is 47.4 Å². The van der Waals surface area contributed by atoms with Gasteiger partial charge in [-0.3, -0.25) is 19.7 Å². The van der Waals surface area contributed by atoms with Crippen LogP contribution >= 0.6 is 11.6 Å². The average Bonchev–Trinajstić information content (AvgIpc) is 2.59. The van der Waals surface area contributed by atoms with Crippen LogP contribution in [0.1, 0.15) is 10.4 Å². The van der Waals surface area contributed by atoms with E-state index in [2.05, 4.69) is 5.32 Å². The largest absolute Gasteiger partial charge is 0.350 e. The predicted molar refractivity (Wildman–Crippen MR) is 95.2 cm³/mol. The number of amides is 1. The maximum absolute atomic E-state index is 13.5. The summed E-state index contributed by atoms with van der Waals surface area (Å²) in [6.07, 6.45) is 1.33. The summed E-state index contributed by atoms with van der Waals surface area (Å²) in [6.45, 7) is 0. The van der Waals surface area contributed by atoms with Crippen molar-refractivity contribution in [1.29, 1.82) is 0 Å². The van der Waals surface area contributed by atoms with Crippen LogP contribution in [-0.4, -0.2) is 15.4 Å². The summed E-state index contributed by atoms with van der Waals surface area (Å²) >= 11 is 5.94. The summed E-state index contributed by atoms with van der Waals surface area (Å²) < 4.78 is 15.0. The number of fused-ring (bicyclic) bond motifs is 1. The fourth-order valence-corrected chi connectivity index (χ4v) is 2.76. The minimum atomic E-state index is -0.757. The molecule has 0 saturated heterocycles. The number of nitro benzene ring substituents is 1. The zero-order valence-electron chi connectivity index (χ0n) is 13.3. The van der Waals surface area contributed by atoms with Crippen LogP contribution < -0.4 is 10.7 Å². The van der Waals surface area contributed by atoms with Crippen LogP contribution in [0, 0.1) is 15.9 Å². The summed E-state index contributed by atoms with van der Waals surface area (Å²) in [5, 5.41) is 13.2. The fraction of sp³-hybridized carbons (Fsp3) is 0.0588. The van der Waals surface area contributed by atoms with E-state index in [0.717, 1.165) is 12.1 Å². The standard InChI is InChI=1S/C17H11ClFN3O4/c1-21-8-12(16(23)11-6-9(19)2-5-15(11)21)17(24)20-14-4-3-10(22(25)26)7-13(14)18/h2-8H,1H3,(H,20,24). The summed E-state index contributed by atoms with van der Waals surface area (Å²) in [4.78, 5) is 35.1. The van der Waals surface area contributed by atoms with Crippen LogP contribution in [0.25, 0.3) is 10.9 Å². The number of anilines is 1. The lowest BCUT2D eigenvalue weighted by Gasteiger charge is -2.10. The van der Waals surface area contributed by atoms with Crippen molar-refractivity contribution in [2.24, 2.45) is 7.05 Å². The molecular formula is C17H11ClFN3O4. The Balaban J connectivity index is 2.02. The molecule has 0 atom stereocenters. The molecule has 1 heterocycles. The molecule has 0 saturated carbocycles. The highest BCUT2D eigenvalue weighted by atomic mass is 35.5. The number of carbonyl (C=O) groups is 1. The van der Waals surface area contributed by atoms with Gasteiger partial charge in [0.1, 0.15) is 11.4 Å². The van der Waals surface area contributed by atoms with Gasteiger partial charge in [0, 0.05) is 30.8 Å². The number of nitro groups is 1. The molecule has 3 aromatic rings. The van der Waals surface area contributed by atoms with Crippen molar-refractivity contribution in [2.75, 3.05) is 5.32 Å². The second-order valence-corrected chi connectivity index (χ2v) is 5.93. The number of nitrogens with one attached hydrogen (secondary N) is 1. The Hall–Kier alpha value is -3.26. The summed E-state index contributed by atoms with van der Waals surface area (Å²) in [5.74, 6) is -1.35. The topological polar surface area (TPSA) is 94.2 Å². The van der Waals surface area contributed by atoms with E-state index >= 15 is 0 Å². The molecule has 0 bridgehead atoms. The van der Waals surface area contributed by atoms with Gasteiger partial charge in [-0.05, 0) is 24.3 Å². The van der Waals surface area contributed by atoms with Gasteiger partial charge < -0.3 is 9.88 Å². The average molecular weight is 376 g/mol. The van der Waals surface area contributed by atoms with E-state index < -0.39 is 22.1 Å². The van der Waals surface area contributed by atoms with Crippen molar-refractivity contribution >= 4 is 39.8 Å². The number of pyridine rings is 1. The molecule has 132 valence electrons. The quantitative estimate of drug-likeness (QED) is 0.560. The molecule has 1 amide bonds. The number of carbonyl (C=O) groups excluding carboxylic acids is 1. The smallest absolute Gasteiger partial charge is 0.271 e. The molecule has 0 radical (unpaired) electrons. The van der Waals surface area contributed by atoms with Crippen LogP contribution in [0.4, 0.5) is 15.8 Å². The van der Waals surface area contributed by atoms with E-state index in [0.29, 0.717) is 5.52 Å². The third-order valence-electron chi connectivity index (χ3n) is 3.81. The lowest BCUT2D eigenvalue weighted by atomic mass is 10.1. The first-order valence-corrected chi connectivity index (χ1v) is 7.70. The number of aromatic nitrogens is 1. The number of hydrogen-bond donors (Lipinski definition) is 1. The van der Waals surface area contributed by atoms with E-state index in [1.54, 1.807) is 7.05 Å². The van der Waals surface area contributed by atoms with E-state index in [1.165, 1.54) is 35.0 Å². The van der Waals surface area contributed by atoms with Gasteiger partial charge >= 0.3 is 0 Å². The summed E-state index contributed by atoms with van der Waals surface area (Å²) in [6, 6.07) is 7.26. The van der Waals surface area contributed by atoms with Crippen molar-refractivity contribution in [1.82, 2.24) is 4.57 Å². The van der Waals surface area contributed by atoms with Gasteiger partial charge in [-0.15, -0.1) is 0 Å². The molecule has 9 heteroatoms. The number of nitrogens with zero attached hydrogens (tertiary/aromatic N) is 2. The molecule has 0 fully saturated rings. The van der Waals surface area contributed by atoms with Gasteiger partial charge in [-0.1, -0.05) is 11.6 Å². The molecule has 7 nitrogen and oxygen atoms in total.